The van der Waals surface area contributed by atoms with Gasteiger partial charge in [0.1, 0.15) is 0 Å². The molecule has 122 valence electrons. The van der Waals surface area contributed by atoms with E-state index in [0.717, 1.165) is 23.5 Å². The molecule has 2 aliphatic carbocycles. The Balaban J connectivity index is 1.63. The number of hydrogen-bond acceptors (Lipinski definition) is 4. The highest BCUT2D eigenvalue weighted by atomic mass is 32.2. The molecule has 0 radical (unpaired) electrons. The normalized spacial score (nSPS) is 29.3. The van der Waals surface area contributed by atoms with Crippen LogP contribution in [0.3, 0.4) is 0 Å². The zero-order valence-electron chi connectivity index (χ0n) is 13.1. The zero-order valence-corrected chi connectivity index (χ0v) is 13.9. The average Bonchev–Trinajstić information content (AvgIpc) is 3.27. The number of carbonyl (C=O) groups excluding carboxylic acids is 1. The number of pyridine rings is 1. The number of aromatic nitrogens is 2. The van der Waals surface area contributed by atoms with Gasteiger partial charge in [-0.2, -0.15) is 0 Å². The van der Waals surface area contributed by atoms with Crippen LogP contribution in [0.25, 0.3) is 5.52 Å². The van der Waals surface area contributed by atoms with Gasteiger partial charge in [0.2, 0.25) is 0 Å². The lowest BCUT2D eigenvalue weighted by molar-refractivity contribution is 0.0858. The fraction of sp³-hybridized carbons (Fsp3) is 0.529. The van der Waals surface area contributed by atoms with E-state index in [-0.39, 0.29) is 24.5 Å². The Kier molecular flexibility index (Phi) is 3.81. The number of carbonyl (C=O) groups is 1. The van der Waals surface area contributed by atoms with Crippen molar-refractivity contribution in [3.8, 4) is 0 Å². The summed E-state index contributed by atoms with van der Waals surface area (Å²) in [5.74, 6) is 1.15. The molecule has 0 unspecified atom stereocenters. The number of fused-ring (bicyclic) bond motifs is 3. The van der Waals surface area contributed by atoms with E-state index in [4.69, 9.17) is 0 Å². The number of nitrogens with zero attached hydrogens (tertiary/aromatic N) is 2. The van der Waals surface area contributed by atoms with Crippen LogP contribution >= 0.6 is 11.8 Å². The van der Waals surface area contributed by atoms with Gasteiger partial charge in [0, 0.05) is 24.8 Å². The van der Waals surface area contributed by atoms with Crippen LogP contribution in [0.4, 0.5) is 0 Å². The standard InChI is InChI=1S/C17H21N3O2S/c1-23-17-19-15(13-4-2-3-7-20(13)17)16(22)18-14-11-6-5-10(8-11)12(14)9-21/h2-4,7,10-12,14,21H,5-6,8-9H2,1H3,(H,18,22)/t10-,11-,12+,14-/m0/s1. The van der Waals surface area contributed by atoms with Crippen LogP contribution in [-0.4, -0.2) is 39.3 Å². The Labute approximate surface area is 139 Å². The van der Waals surface area contributed by atoms with Crippen LogP contribution in [0.15, 0.2) is 29.6 Å². The summed E-state index contributed by atoms with van der Waals surface area (Å²) in [4.78, 5) is 17.3. The quantitative estimate of drug-likeness (QED) is 0.843. The summed E-state index contributed by atoms with van der Waals surface area (Å²) in [6, 6.07) is 5.87. The molecular weight excluding hydrogens is 310 g/mol. The van der Waals surface area contributed by atoms with Crippen LogP contribution in [-0.2, 0) is 0 Å². The van der Waals surface area contributed by atoms with Crippen LogP contribution in [0.1, 0.15) is 29.8 Å². The predicted octanol–water partition coefficient (Wildman–Crippen LogP) is 2.19. The molecule has 2 aliphatic rings. The second kappa shape index (κ2) is 5.83. The molecule has 0 aromatic carbocycles. The summed E-state index contributed by atoms with van der Waals surface area (Å²) in [6.07, 6.45) is 7.37. The summed E-state index contributed by atoms with van der Waals surface area (Å²) in [7, 11) is 0. The largest absolute Gasteiger partial charge is 0.396 e. The Morgan fingerprint density at radius 1 is 1.43 bits per heavy atom. The maximum Gasteiger partial charge on any atom is 0.272 e. The molecule has 0 saturated heterocycles. The van der Waals surface area contributed by atoms with Crippen molar-refractivity contribution in [2.75, 3.05) is 12.9 Å². The van der Waals surface area contributed by atoms with Crippen molar-refractivity contribution in [1.82, 2.24) is 14.7 Å². The molecule has 4 atom stereocenters. The molecular formula is C17H21N3O2S. The Hall–Kier alpha value is -1.53. The zero-order chi connectivity index (χ0) is 16.0. The third kappa shape index (κ3) is 2.35. The van der Waals surface area contributed by atoms with E-state index < -0.39 is 0 Å². The topological polar surface area (TPSA) is 66.6 Å². The molecule has 0 aliphatic heterocycles. The first-order valence-corrected chi connectivity index (χ1v) is 9.38. The maximum atomic E-state index is 12.8. The number of aliphatic hydroxyl groups is 1. The Morgan fingerprint density at radius 3 is 3.04 bits per heavy atom. The first kappa shape index (κ1) is 15.0. The van der Waals surface area contributed by atoms with Crippen LogP contribution in [0, 0.1) is 17.8 Å². The number of hydrogen-bond donors (Lipinski definition) is 2. The molecule has 0 spiro atoms. The molecule has 6 heteroatoms. The maximum absolute atomic E-state index is 12.8. The number of nitrogens with one attached hydrogen (secondary N) is 1. The lowest BCUT2D eigenvalue weighted by Crippen LogP contribution is -2.45. The van der Waals surface area contributed by atoms with Gasteiger partial charge in [0.25, 0.3) is 5.91 Å². The van der Waals surface area contributed by atoms with E-state index in [1.807, 2.05) is 35.1 Å². The third-order valence-corrected chi connectivity index (χ3v) is 6.16. The fourth-order valence-corrected chi connectivity index (χ4v) is 4.98. The number of amides is 1. The molecule has 23 heavy (non-hydrogen) atoms. The number of rotatable bonds is 4. The molecule has 2 aromatic heterocycles. The van der Waals surface area contributed by atoms with Gasteiger partial charge in [-0.3, -0.25) is 9.20 Å². The Morgan fingerprint density at radius 2 is 2.26 bits per heavy atom. The van der Waals surface area contributed by atoms with Gasteiger partial charge in [0.15, 0.2) is 10.9 Å². The highest BCUT2D eigenvalue weighted by Gasteiger charge is 2.47. The van der Waals surface area contributed by atoms with Gasteiger partial charge in [-0.05, 0) is 49.5 Å². The number of aliphatic hydroxyl groups excluding tert-OH is 1. The van der Waals surface area contributed by atoms with E-state index in [0.29, 0.717) is 17.5 Å². The van der Waals surface area contributed by atoms with E-state index in [9.17, 15) is 9.90 Å². The van der Waals surface area contributed by atoms with Crippen molar-refractivity contribution in [3.05, 3.63) is 30.1 Å². The van der Waals surface area contributed by atoms with Gasteiger partial charge in [0.05, 0.1) is 5.52 Å². The summed E-state index contributed by atoms with van der Waals surface area (Å²) < 4.78 is 1.95. The first-order chi connectivity index (χ1) is 11.2. The summed E-state index contributed by atoms with van der Waals surface area (Å²) in [6.45, 7) is 0.159. The molecule has 2 fully saturated rings. The van der Waals surface area contributed by atoms with Crippen molar-refractivity contribution in [2.45, 2.75) is 30.5 Å². The van der Waals surface area contributed by atoms with E-state index in [1.54, 1.807) is 0 Å². The summed E-state index contributed by atoms with van der Waals surface area (Å²) >= 11 is 1.53. The predicted molar refractivity (Wildman–Crippen MR) is 89.6 cm³/mol. The molecule has 2 saturated carbocycles. The van der Waals surface area contributed by atoms with Crippen LogP contribution in [0.5, 0.6) is 0 Å². The molecule has 2 bridgehead atoms. The lowest BCUT2D eigenvalue weighted by atomic mass is 9.85. The number of imidazole rings is 1. The van der Waals surface area contributed by atoms with Crippen molar-refractivity contribution in [1.29, 1.82) is 0 Å². The highest BCUT2D eigenvalue weighted by molar-refractivity contribution is 7.98. The third-order valence-electron chi connectivity index (χ3n) is 5.51. The molecule has 2 heterocycles. The van der Waals surface area contributed by atoms with Crippen LogP contribution < -0.4 is 5.32 Å². The van der Waals surface area contributed by atoms with Gasteiger partial charge in [-0.25, -0.2) is 4.98 Å². The number of thioether (sulfide) groups is 1. The minimum Gasteiger partial charge on any atom is -0.396 e. The fourth-order valence-electron chi connectivity index (χ4n) is 4.44. The van der Waals surface area contributed by atoms with E-state index >= 15 is 0 Å². The van der Waals surface area contributed by atoms with E-state index in [1.165, 1.54) is 18.2 Å². The van der Waals surface area contributed by atoms with Gasteiger partial charge < -0.3 is 10.4 Å². The van der Waals surface area contributed by atoms with Crippen molar-refractivity contribution in [3.63, 3.8) is 0 Å². The lowest BCUT2D eigenvalue weighted by Gasteiger charge is -2.30. The van der Waals surface area contributed by atoms with Crippen LogP contribution in [0.2, 0.25) is 0 Å². The van der Waals surface area contributed by atoms with Gasteiger partial charge in [-0.15, -0.1) is 0 Å². The summed E-state index contributed by atoms with van der Waals surface area (Å²) in [5.41, 5.74) is 1.31. The molecule has 5 nitrogen and oxygen atoms in total. The molecule has 4 rings (SSSR count). The average molecular weight is 331 g/mol. The molecule has 2 aromatic rings. The molecule has 2 N–H and O–H groups in total. The van der Waals surface area contributed by atoms with Crippen molar-refractivity contribution in [2.24, 2.45) is 17.8 Å². The van der Waals surface area contributed by atoms with Crippen molar-refractivity contribution < 1.29 is 9.90 Å². The molecule has 1 amide bonds. The minimum absolute atomic E-state index is 0.0874. The van der Waals surface area contributed by atoms with Gasteiger partial charge >= 0.3 is 0 Å². The van der Waals surface area contributed by atoms with Crippen molar-refractivity contribution >= 4 is 23.2 Å². The van der Waals surface area contributed by atoms with Gasteiger partial charge in [-0.1, -0.05) is 17.8 Å². The first-order valence-electron chi connectivity index (χ1n) is 8.15. The van der Waals surface area contributed by atoms with E-state index in [2.05, 4.69) is 10.3 Å². The monoisotopic (exact) mass is 331 g/mol. The second-order valence-electron chi connectivity index (χ2n) is 6.58. The SMILES string of the molecule is CSc1nc(C(=O)N[C@H]2[C@H]3CC[C@@H](C3)[C@H]2CO)c2ccccn12. The minimum atomic E-state index is -0.120. The highest BCUT2D eigenvalue weighted by Crippen LogP contribution is 2.48. The smallest absolute Gasteiger partial charge is 0.272 e. The summed E-state index contributed by atoms with van der Waals surface area (Å²) in [5, 5.41) is 13.7. The second-order valence-corrected chi connectivity index (χ2v) is 7.36. The Bertz CT molecular complexity index is 745.